The fourth-order valence-electron chi connectivity index (χ4n) is 2.32. The van der Waals surface area contributed by atoms with Gasteiger partial charge >= 0.3 is 0 Å². The molecule has 1 aromatic rings. The van der Waals surface area contributed by atoms with E-state index in [4.69, 9.17) is 11.5 Å². The SMILES string of the molecule is C=CC1=C(C)CCc2c1sc(NC(=C)N)c2C(N)=O. The van der Waals surface area contributed by atoms with Crippen LogP contribution in [0.25, 0.3) is 5.57 Å². The van der Waals surface area contributed by atoms with E-state index in [0.717, 1.165) is 28.9 Å². The van der Waals surface area contributed by atoms with Gasteiger partial charge in [-0.05, 0) is 30.9 Å². The number of hydrogen-bond acceptors (Lipinski definition) is 4. The molecule has 1 aliphatic carbocycles. The van der Waals surface area contributed by atoms with Crippen LogP contribution in [0.1, 0.15) is 34.1 Å². The van der Waals surface area contributed by atoms with Gasteiger partial charge in [-0.25, -0.2) is 0 Å². The second-order valence-electron chi connectivity index (χ2n) is 4.53. The third-order valence-electron chi connectivity index (χ3n) is 3.19. The van der Waals surface area contributed by atoms with Crippen molar-refractivity contribution in [2.24, 2.45) is 11.5 Å². The lowest BCUT2D eigenvalue weighted by molar-refractivity contribution is 0.100. The summed E-state index contributed by atoms with van der Waals surface area (Å²) < 4.78 is 0. The third-order valence-corrected chi connectivity index (χ3v) is 4.37. The molecule has 1 aliphatic rings. The topological polar surface area (TPSA) is 81.1 Å². The van der Waals surface area contributed by atoms with Gasteiger partial charge in [0.2, 0.25) is 0 Å². The molecule has 0 aromatic carbocycles. The predicted molar refractivity (Wildman–Crippen MR) is 80.9 cm³/mol. The second kappa shape index (κ2) is 4.93. The third kappa shape index (κ3) is 2.29. The summed E-state index contributed by atoms with van der Waals surface area (Å²) >= 11 is 1.47. The van der Waals surface area contributed by atoms with Crippen LogP contribution in [0, 0.1) is 0 Å². The molecule has 0 radical (unpaired) electrons. The Labute approximate surface area is 116 Å². The van der Waals surface area contributed by atoms with Crippen LogP contribution >= 0.6 is 11.3 Å². The van der Waals surface area contributed by atoms with Crippen molar-refractivity contribution in [2.45, 2.75) is 19.8 Å². The summed E-state index contributed by atoms with van der Waals surface area (Å²) in [6.07, 6.45) is 3.55. The van der Waals surface area contributed by atoms with Crippen LogP contribution in [-0.4, -0.2) is 5.91 Å². The number of carbonyl (C=O) groups is 1. The van der Waals surface area contributed by atoms with E-state index in [1.165, 1.54) is 16.9 Å². The minimum absolute atomic E-state index is 0.293. The number of thiophene rings is 1. The summed E-state index contributed by atoms with van der Waals surface area (Å²) in [5.41, 5.74) is 14.9. The predicted octanol–water partition coefficient (Wildman–Crippen LogP) is 2.59. The number of anilines is 1. The first-order valence-electron chi connectivity index (χ1n) is 5.95. The fourth-order valence-corrected chi connectivity index (χ4v) is 3.73. The van der Waals surface area contributed by atoms with Crippen LogP contribution in [0.4, 0.5) is 5.00 Å². The van der Waals surface area contributed by atoms with Gasteiger partial charge in [-0.15, -0.1) is 11.3 Å². The number of nitrogens with one attached hydrogen (secondary N) is 1. The first kappa shape index (κ1) is 13.4. The van der Waals surface area contributed by atoms with Crippen molar-refractivity contribution in [3.63, 3.8) is 0 Å². The monoisotopic (exact) mass is 275 g/mol. The number of carbonyl (C=O) groups excluding carboxylic acids is 1. The molecule has 5 N–H and O–H groups in total. The molecule has 0 atom stereocenters. The minimum Gasteiger partial charge on any atom is -0.386 e. The lowest BCUT2D eigenvalue weighted by atomic mass is 9.90. The number of fused-ring (bicyclic) bond motifs is 1. The quantitative estimate of drug-likeness (QED) is 0.790. The number of hydrogen-bond donors (Lipinski definition) is 3. The van der Waals surface area contributed by atoms with E-state index < -0.39 is 5.91 Å². The Kier molecular flexibility index (Phi) is 3.48. The maximum Gasteiger partial charge on any atom is 0.252 e. The van der Waals surface area contributed by atoms with Gasteiger partial charge in [-0.3, -0.25) is 4.79 Å². The molecule has 2 rings (SSSR count). The highest BCUT2D eigenvalue weighted by Crippen LogP contribution is 2.43. The molecular formula is C14H17N3OS. The van der Waals surface area contributed by atoms with Crippen molar-refractivity contribution >= 4 is 27.8 Å². The van der Waals surface area contributed by atoms with Crippen LogP contribution in [-0.2, 0) is 6.42 Å². The fraction of sp³-hybridized carbons (Fsp3) is 0.214. The van der Waals surface area contributed by atoms with Crippen molar-refractivity contribution in [1.82, 2.24) is 0 Å². The van der Waals surface area contributed by atoms with Crippen molar-refractivity contribution in [3.8, 4) is 0 Å². The summed E-state index contributed by atoms with van der Waals surface area (Å²) in [5, 5.41) is 3.58. The van der Waals surface area contributed by atoms with Crippen molar-refractivity contribution in [3.05, 3.63) is 46.6 Å². The molecule has 0 saturated heterocycles. The Balaban J connectivity index is 2.65. The number of amides is 1. The molecule has 1 aromatic heterocycles. The van der Waals surface area contributed by atoms with Gasteiger partial charge in [0.15, 0.2) is 0 Å². The molecule has 0 unspecified atom stereocenters. The van der Waals surface area contributed by atoms with Gasteiger partial charge in [0, 0.05) is 4.88 Å². The Morgan fingerprint density at radius 1 is 1.42 bits per heavy atom. The average Bonchev–Trinajstić information content (AvgIpc) is 2.65. The van der Waals surface area contributed by atoms with E-state index in [9.17, 15) is 4.79 Å². The molecular weight excluding hydrogens is 258 g/mol. The largest absolute Gasteiger partial charge is 0.386 e. The van der Waals surface area contributed by atoms with E-state index in [0.29, 0.717) is 16.4 Å². The van der Waals surface area contributed by atoms with Crippen molar-refractivity contribution in [2.75, 3.05) is 5.32 Å². The number of rotatable bonds is 4. The Morgan fingerprint density at radius 2 is 2.11 bits per heavy atom. The van der Waals surface area contributed by atoms with E-state index in [-0.39, 0.29) is 0 Å². The molecule has 0 aliphatic heterocycles. The highest BCUT2D eigenvalue weighted by molar-refractivity contribution is 7.18. The summed E-state index contributed by atoms with van der Waals surface area (Å²) in [4.78, 5) is 12.7. The van der Waals surface area contributed by atoms with Gasteiger partial charge in [0.05, 0.1) is 11.4 Å². The lowest BCUT2D eigenvalue weighted by Crippen LogP contribution is -2.17. The molecule has 19 heavy (non-hydrogen) atoms. The van der Waals surface area contributed by atoms with Crippen LogP contribution in [0.5, 0.6) is 0 Å². The average molecular weight is 275 g/mol. The Bertz CT molecular complexity index is 610. The molecule has 1 amide bonds. The maximum atomic E-state index is 11.7. The van der Waals surface area contributed by atoms with Gasteiger partial charge in [0.25, 0.3) is 5.91 Å². The molecule has 0 spiro atoms. The highest BCUT2D eigenvalue weighted by atomic mass is 32.1. The number of allylic oxidation sites excluding steroid dienone is 3. The Morgan fingerprint density at radius 3 is 2.63 bits per heavy atom. The van der Waals surface area contributed by atoms with Gasteiger partial charge in [0.1, 0.15) is 5.00 Å². The van der Waals surface area contributed by atoms with Crippen LogP contribution in [0.2, 0.25) is 0 Å². The zero-order chi connectivity index (χ0) is 14.2. The number of primary amides is 1. The standard InChI is InChI=1S/C14H17N3OS/c1-4-9-7(2)5-6-10-11(13(16)18)14(17-8(3)15)19-12(9)10/h4,17H,1,3,5-6,15H2,2H3,(H2,16,18). The summed E-state index contributed by atoms with van der Waals surface area (Å²) in [5.74, 6) is -0.147. The summed E-state index contributed by atoms with van der Waals surface area (Å²) in [6, 6.07) is 0. The highest BCUT2D eigenvalue weighted by Gasteiger charge is 2.26. The van der Waals surface area contributed by atoms with E-state index in [1.54, 1.807) is 0 Å². The van der Waals surface area contributed by atoms with E-state index >= 15 is 0 Å². The number of nitrogens with two attached hydrogens (primary N) is 2. The van der Waals surface area contributed by atoms with E-state index in [2.05, 4.69) is 25.4 Å². The molecule has 5 heteroatoms. The summed E-state index contributed by atoms with van der Waals surface area (Å²) in [7, 11) is 0. The maximum absolute atomic E-state index is 11.7. The smallest absolute Gasteiger partial charge is 0.252 e. The normalized spacial score (nSPS) is 13.9. The molecule has 0 fully saturated rings. The molecule has 4 nitrogen and oxygen atoms in total. The van der Waals surface area contributed by atoms with Crippen molar-refractivity contribution < 1.29 is 4.79 Å². The lowest BCUT2D eigenvalue weighted by Gasteiger charge is -2.16. The van der Waals surface area contributed by atoms with Crippen LogP contribution in [0.3, 0.4) is 0 Å². The van der Waals surface area contributed by atoms with Gasteiger partial charge in [-0.1, -0.05) is 24.8 Å². The molecule has 0 saturated carbocycles. The minimum atomic E-state index is -0.441. The second-order valence-corrected chi connectivity index (χ2v) is 5.55. The molecule has 100 valence electrons. The first-order chi connectivity index (χ1) is 8.95. The van der Waals surface area contributed by atoms with E-state index in [1.807, 2.05) is 6.08 Å². The Hall–Kier alpha value is -2.01. The zero-order valence-electron chi connectivity index (χ0n) is 10.9. The van der Waals surface area contributed by atoms with Gasteiger partial charge < -0.3 is 16.8 Å². The first-order valence-corrected chi connectivity index (χ1v) is 6.76. The summed E-state index contributed by atoms with van der Waals surface area (Å²) in [6.45, 7) is 9.53. The van der Waals surface area contributed by atoms with Crippen molar-refractivity contribution in [1.29, 1.82) is 0 Å². The van der Waals surface area contributed by atoms with Crippen LogP contribution in [0.15, 0.2) is 30.6 Å². The molecule has 0 bridgehead atoms. The van der Waals surface area contributed by atoms with Gasteiger partial charge in [-0.2, -0.15) is 0 Å². The molecule has 1 heterocycles. The van der Waals surface area contributed by atoms with Crippen LogP contribution < -0.4 is 16.8 Å². The zero-order valence-corrected chi connectivity index (χ0v) is 11.7.